The summed E-state index contributed by atoms with van der Waals surface area (Å²) in [7, 11) is -0.436. The smallest absolute Gasteiger partial charge is 0.264 e. The predicted octanol–water partition coefficient (Wildman–Crippen LogP) is 3.44. The Kier molecular flexibility index (Phi) is 5.58. The van der Waals surface area contributed by atoms with Crippen LogP contribution >= 0.6 is 11.6 Å². The highest BCUT2D eigenvalue weighted by Gasteiger charge is 2.34. The summed E-state index contributed by atoms with van der Waals surface area (Å²) in [4.78, 5) is 0.237. The van der Waals surface area contributed by atoms with E-state index in [2.05, 4.69) is 12.2 Å². The second-order valence-corrected chi connectivity index (χ2v) is 8.99. The zero-order valence-electron chi connectivity index (χ0n) is 15.1. The zero-order valence-corrected chi connectivity index (χ0v) is 16.6. The van der Waals surface area contributed by atoms with E-state index in [-0.39, 0.29) is 10.9 Å². The van der Waals surface area contributed by atoms with E-state index in [9.17, 15) is 8.42 Å². The number of halogens is 1. The van der Waals surface area contributed by atoms with Crippen LogP contribution in [0.2, 0.25) is 5.02 Å². The van der Waals surface area contributed by atoms with Crippen LogP contribution in [0.15, 0.2) is 47.4 Å². The lowest BCUT2D eigenvalue weighted by Gasteiger charge is -2.23. The second-order valence-electron chi connectivity index (χ2n) is 6.62. The third-order valence-electron chi connectivity index (χ3n) is 4.63. The molecule has 2 unspecified atom stereocenters. The lowest BCUT2D eigenvalue weighted by atomic mass is 9.96. The van der Waals surface area contributed by atoms with Gasteiger partial charge in [-0.15, -0.1) is 0 Å². The van der Waals surface area contributed by atoms with Gasteiger partial charge in [0.1, 0.15) is 0 Å². The fourth-order valence-corrected chi connectivity index (χ4v) is 5.03. The van der Waals surface area contributed by atoms with Crippen LogP contribution in [-0.4, -0.2) is 35.7 Å². The first kappa shape index (κ1) is 19.2. The molecule has 2 atom stereocenters. The Labute approximate surface area is 160 Å². The van der Waals surface area contributed by atoms with Gasteiger partial charge in [0.2, 0.25) is 0 Å². The molecule has 26 heavy (non-hydrogen) atoms. The molecule has 0 radical (unpaired) electrons. The molecule has 0 saturated heterocycles. The molecule has 0 fully saturated rings. The van der Waals surface area contributed by atoms with Crippen LogP contribution in [0.4, 0.5) is 5.69 Å². The van der Waals surface area contributed by atoms with Crippen molar-refractivity contribution in [1.29, 1.82) is 0 Å². The van der Waals surface area contributed by atoms with E-state index in [1.807, 2.05) is 24.3 Å². The summed E-state index contributed by atoms with van der Waals surface area (Å²) in [6, 6.07) is 12.4. The standard InChI is InChI=1S/C19H23ClN2O3S/c1-13(12-25-3)11-21-19-15-6-4-5-7-17(15)22(2)26(23,24)18-10-14(20)8-9-16(18)19/h4-10,13,19,21H,11-12H2,1-3H3. The average Bonchev–Trinajstić information content (AvgIpc) is 2.68. The van der Waals surface area contributed by atoms with E-state index in [0.717, 1.165) is 5.56 Å². The van der Waals surface area contributed by atoms with Crippen molar-refractivity contribution in [3.8, 4) is 0 Å². The average molecular weight is 395 g/mol. The van der Waals surface area contributed by atoms with E-state index >= 15 is 0 Å². The summed E-state index contributed by atoms with van der Waals surface area (Å²) in [5.74, 6) is 0.292. The number of nitrogens with zero attached hydrogens (tertiary/aromatic N) is 1. The molecule has 2 aromatic rings. The molecule has 0 spiro atoms. The minimum Gasteiger partial charge on any atom is -0.384 e. The van der Waals surface area contributed by atoms with Crippen molar-refractivity contribution in [2.75, 3.05) is 31.6 Å². The van der Waals surface area contributed by atoms with Gasteiger partial charge in [-0.05, 0) is 35.2 Å². The van der Waals surface area contributed by atoms with Gasteiger partial charge in [-0.25, -0.2) is 8.42 Å². The van der Waals surface area contributed by atoms with Crippen molar-refractivity contribution in [2.24, 2.45) is 5.92 Å². The normalized spacial score (nSPS) is 19.4. The maximum atomic E-state index is 13.1. The van der Waals surface area contributed by atoms with E-state index in [4.69, 9.17) is 16.3 Å². The highest BCUT2D eigenvalue weighted by molar-refractivity contribution is 7.92. The Bertz CT molecular complexity index is 901. The summed E-state index contributed by atoms with van der Waals surface area (Å²) < 4.78 is 32.8. The lowest BCUT2D eigenvalue weighted by Crippen LogP contribution is -2.29. The van der Waals surface area contributed by atoms with Crippen LogP contribution in [0.3, 0.4) is 0 Å². The fourth-order valence-electron chi connectivity index (χ4n) is 3.32. The predicted molar refractivity (Wildman–Crippen MR) is 104 cm³/mol. The number of rotatable bonds is 5. The highest BCUT2D eigenvalue weighted by Crippen LogP contribution is 2.40. The van der Waals surface area contributed by atoms with E-state index in [1.165, 1.54) is 10.4 Å². The number of nitrogens with one attached hydrogen (secondary N) is 1. The van der Waals surface area contributed by atoms with Gasteiger partial charge in [0, 0.05) is 32.3 Å². The quantitative estimate of drug-likeness (QED) is 0.843. The number of hydrogen-bond acceptors (Lipinski definition) is 4. The second kappa shape index (κ2) is 7.56. The number of methoxy groups -OCH3 is 1. The number of fused-ring (bicyclic) bond motifs is 2. The van der Waals surface area contributed by atoms with Gasteiger partial charge < -0.3 is 10.1 Å². The third-order valence-corrected chi connectivity index (χ3v) is 6.70. The molecule has 0 saturated carbocycles. The van der Waals surface area contributed by atoms with E-state index in [1.54, 1.807) is 26.3 Å². The molecule has 0 bridgehead atoms. The molecule has 2 aromatic carbocycles. The molecular weight excluding hydrogens is 372 g/mol. The number of anilines is 1. The van der Waals surface area contributed by atoms with Gasteiger partial charge >= 0.3 is 0 Å². The molecular formula is C19H23ClN2O3S. The summed E-state index contributed by atoms with van der Waals surface area (Å²) >= 11 is 6.11. The first-order chi connectivity index (χ1) is 12.4. The number of hydrogen-bond donors (Lipinski definition) is 1. The van der Waals surface area contributed by atoms with Gasteiger partial charge in [0.15, 0.2) is 0 Å². The number of sulfonamides is 1. The Hall–Kier alpha value is -1.60. The number of benzene rings is 2. The van der Waals surface area contributed by atoms with Crippen molar-refractivity contribution in [2.45, 2.75) is 17.9 Å². The Morgan fingerprint density at radius 1 is 1.23 bits per heavy atom. The summed E-state index contributed by atoms with van der Waals surface area (Å²) in [5.41, 5.74) is 2.29. The fraction of sp³-hybridized carbons (Fsp3) is 0.368. The molecule has 0 aromatic heterocycles. The van der Waals surface area contributed by atoms with Crippen LogP contribution in [0.5, 0.6) is 0 Å². The monoisotopic (exact) mass is 394 g/mol. The summed E-state index contributed by atoms with van der Waals surface area (Å²) in [5, 5.41) is 3.92. The molecule has 1 aliphatic heterocycles. The van der Waals surface area contributed by atoms with Crippen molar-refractivity contribution >= 4 is 27.3 Å². The van der Waals surface area contributed by atoms with Crippen molar-refractivity contribution in [1.82, 2.24) is 5.32 Å². The number of para-hydroxylation sites is 1. The van der Waals surface area contributed by atoms with Crippen LogP contribution < -0.4 is 9.62 Å². The van der Waals surface area contributed by atoms with Crippen LogP contribution in [0.25, 0.3) is 0 Å². The topological polar surface area (TPSA) is 58.6 Å². The first-order valence-electron chi connectivity index (χ1n) is 8.46. The van der Waals surface area contributed by atoms with Gasteiger partial charge in [0.25, 0.3) is 10.0 Å². The minimum atomic E-state index is -3.69. The van der Waals surface area contributed by atoms with Crippen LogP contribution in [0, 0.1) is 5.92 Å². The van der Waals surface area contributed by atoms with Gasteiger partial charge in [-0.1, -0.05) is 42.8 Å². The maximum Gasteiger partial charge on any atom is 0.264 e. The van der Waals surface area contributed by atoms with Crippen molar-refractivity contribution in [3.05, 3.63) is 58.6 Å². The van der Waals surface area contributed by atoms with Crippen molar-refractivity contribution in [3.63, 3.8) is 0 Å². The molecule has 1 heterocycles. The van der Waals surface area contributed by atoms with Gasteiger partial charge in [-0.2, -0.15) is 0 Å². The molecule has 140 valence electrons. The van der Waals surface area contributed by atoms with Crippen molar-refractivity contribution < 1.29 is 13.2 Å². The van der Waals surface area contributed by atoms with E-state index < -0.39 is 10.0 Å². The zero-order chi connectivity index (χ0) is 18.9. The lowest BCUT2D eigenvalue weighted by molar-refractivity contribution is 0.157. The van der Waals surface area contributed by atoms with Gasteiger partial charge in [0.05, 0.1) is 16.6 Å². The molecule has 3 rings (SSSR count). The maximum absolute atomic E-state index is 13.1. The van der Waals surface area contributed by atoms with E-state index in [0.29, 0.717) is 35.3 Å². The molecule has 7 heteroatoms. The summed E-state index contributed by atoms with van der Waals surface area (Å²) in [6.07, 6.45) is 0. The molecule has 0 aliphatic carbocycles. The van der Waals surface area contributed by atoms with Crippen LogP contribution in [0.1, 0.15) is 24.1 Å². The molecule has 1 aliphatic rings. The number of ether oxygens (including phenoxy) is 1. The Morgan fingerprint density at radius 2 is 1.96 bits per heavy atom. The summed E-state index contributed by atoms with van der Waals surface area (Å²) in [6.45, 7) is 3.41. The molecule has 5 nitrogen and oxygen atoms in total. The SMILES string of the molecule is COCC(C)CNC1c2ccccc2N(C)S(=O)(=O)c2cc(Cl)ccc21. The highest BCUT2D eigenvalue weighted by atomic mass is 35.5. The Morgan fingerprint density at radius 3 is 2.69 bits per heavy atom. The third kappa shape index (κ3) is 3.47. The van der Waals surface area contributed by atoms with Crippen LogP contribution in [-0.2, 0) is 14.8 Å². The minimum absolute atomic E-state index is 0.237. The largest absolute Gasteiger partial charge is 0.384 e. The molecule has 1 N–H and O–H groups in total. The molecule has 0 amide bonds. The first-order valence-corrected chi connectivity index (χ1v) is 10.3. The Balaban J connectivity index is 2.15. The van der Waals surface area contributed by atoms with Gasteiger partial charge in [-0.3, -0.25) is 4.31 Å².